The van der Waals surface area contributed by atoms with Crippen LogP contribution >= 0.6 is 0 Å². The molecule has 6 nitrogen and oxygen atoms in total. The van der Waals surface area contributed by atoms with E-state index in [2.05, 4.69) is 10.3 Å². The quantitative estimate of drug-likeness (QED) is 0.757. The van der Waals surface area contributed by atoms with Crippen molar-refractivity contribution >= 4 is 17.6 Å². The summed E-state index contributed by atoms with van der Waals surface area (Å²) in [4.78, 5) is 26.1. The van der Waals surface area contributed by atoms with E-state index >= 15 is 0 Å². The minimum Gasteiger partial charge on any atom is -0.481 e. The van der Waals surface area contributed by atoms with Gasteiger partial charge in [-0.05, 0) is 25.0 Å². The van der Waals surface area contributed by atoms with E-state index in [1.165, 1.54) is 6.20 Å². The van der Waals surface area contributed by atoms with Crippen LogP contribution in [0.4, 0.5) is 5.69 Å². The van der Waals surface area contributed by atoms with E-state index < -0.39 is 11.9 Å². The third kappa shape index (κ3) is 3.21. The van der Waals surface area contributed by atoms with Crippen molar-refractivity contribution in [2.24, 2.45) is 11.7 Å². The predicted molar refractivity (Wildman–Crippen MR) is 69.8 cm³/mol. The average Bonchev–Trinajstić information content (AvgIpc) is 2.39. The van der Waals surface area contributed by atoms with Gasteiger partial charge in [-0.3, -0.25) is 14.6 Å². The first-order valence-electron chi connectivity index (χ1n) is 6.33. The molecule has 2 atom stereocenters. The van der Waals surface area contributed by atoms with Gasteiger partial charge in [0, 0.05) is 17.9 Å². The smallest absolute Gasteiger partial charge is 0.308 e. The Morgan fingerprint density at radius 2 is 2.11 bits per heavy atom. The van der Waals surface area contributed by atoms with Crippen LogP contribution in [-0.2, 0) is 4.79 Å². The number of nitrogens with one attached hydrogen (secondary N) is 1. The number of aromatic nitrogens is 1. The molecule has 1 aliphatic rings. The highest BCUT2D eigenvalue weighted by molar-refractivity contribution is 5.91. The van der Waals surface area contributed by atoms with Gasteiger partial charge in [0.15, 0.2) is 0 Å². The van der Waals surface area contributed by atoms with Crippen molar-refractivity contribution in [3.63, 3.8) is 0 Å². The lowest BCUT2D eigenvalue weighted by Crippen LogP contribution is -2.37. The van der Waals surface area contributed by atoms with Crippen molar-refractivity contribution in [3.05, 3.63) is 24.0 Å². The second-order valence-electron chi connectivity index (χ2n) is 4.77. The molecular weight excluding hydrogens is 246 g/mol. The first kappa shape index (κ1) is 13.3. The van der Waals surface area contributed by atoms with Gasteiger partial charge in [-0.25, -0.2) is 0 Å². The molecule has 0 aromatic carbocycles. The van der Waals surface area contributed by atoms with Crippen LogP contribution < -0.4 is 11.1 Å². The lowest BCUT2D eigenvalue weighted by Gasteiger charge is -2.30. The second kappa shape index (κ2) is 5.69. The zero-order valence-corrected chi connectivity index (χ0v) is 10.5. The summed E-state index contributed by atoms with van der Waals surface area (Å²) in [5, 5.41) is 12.4. The normalized spacial score (nSPS) is 22.7. The summed E-state index contributed by atoms with van der Waals surface area (Å²) in [5.41, 5.74) is 6.02. The summed E-state index contributed by atoms with van der Waals surface area (Å²) in [5.74, 6) is -1.76. The van der Waals surface area contributed by atoms with E-state index in [9.17, 15) is 14.7 Å². The van der Waals surface area contributed by atoms with E-state index in [0.29, 0.717) is 12.1 Å². The fraction of sp³-hybridized carbons (Fsp3) is 0.462. The van der Waals surface area contributed by atoms with Crippen molar-refractivity contribution < 1.29 is 14.7 Å². The predicted octanol–water partition coefficient (Wildman–Crippen LogP) is 1.24. The SMILES string of the molecule is NC(=O)c1cc(NC2CCCCC2C(=O)O)ccn1. The summed E-state index contributed by atoms with van der Waals surface area (Å²) in [6.45, 7) is 0. The number of nitrogens with two attached hydrogens (primary N) is 1. The number of rotatable bonds is 4. The molecule has 2 unspecified atom stereocenters. The fourth-order valence-electron chi connectivity index (χ4n) is 2.47. The zero-order valence-electron chi connectivity index (χ0n) is 10.5. The molecule has 0 radical (unpaired) electrons. The van der Waals surface area contributed by atoms with Crippen LogP contribution in [0.25, 0.3) is 0 Å². The molecule has 0 bridgehead atoms. The average molecular weight is 263 g/mol. The van der Waals surface area contributed by atoms with Crippen molar-refractivity contribution in [1.82, 2.24) is 4.98 Å². The topological polar surface area (TPSA) is 105 Å². The standard InChI is InChI=1S/C13H17N3O3/c14-12(17)11-7-8(5-6-15-11)16-10-4-2-1-3-9(10)13(18)19/h5-7,9-10H,1-4H2,(H2,14,17)(H,15,16)(H,18,19). The maximum atomic E-state index is 11.2. The van der Waals surface area contributed by atoms with Gasteiger partial charge in [-0.2, -0.15) is 0 Å². The van der Waals surface area contributed by atoms with Gasteiger partial charge in [-0.15, -0.1) is 0 Å². The number of anilines is 1. The van der Waals surface area contributed by atoms with Gasteiger partial charge in [0.25, 0.3) is 5.91 Å². The Kier molecular flexibility index (Phi) is 3.99. The maximum absolute atomic E-state index is 11.2. The summed E-state index contributed by atoms with van der Waals surface area (Å²) in [6, 6.07) is 3.14. The minimum atomic E-state index is -0.776. The molecular formula is C13H17N3O3. The molecule has 102 valence electrons. The Bertz CT molecular complexity index is 490. The number of carbonyl (C=O) groups is 2. The Labute approximate surface area is 111 Å². The molecule has 6 heteroatoms. The van der Waals surface area contributed by atoms with Crippen LogP contribution in [0.1, 0.15) is 36.2 Å². The molecule has 1 aromatic rings. The Balaban J connectivity index is 2.12. The molecule has 4 N–H and O–H groups in total. The first-order chi connectivity index (χ1) is 9.08. The van der Waals surface area contributed by atoms with E-state index in [1.807, 2.05) is 0 Å². The minimum absolute atomic E-state index is 0.116. The summed E-state index contributed by atoms with van der Waals surface area (Å²) in [6.07, 6.45) is 4.93. The van der Waals surface area contributed by atoms with Crippen molar-refractivity contribution in [1.29, 1.82) is 0 Å². The van der Waals surface area contributed by atoms with Gasteiger partial charge in [-0.1, -0.05) is 12.8 Å². The van der Waals surface area contributed by atoms with Gasteiger partial charge >= 0.3 is 5.97 Å². The Morgan fingerprint density at radius 1 is 1.37 bits per heavy atom. The monoisotopic (exact) mass is 263 g/mol. The first-order valence-corrected chi connectivity index (χ1v) is 6.33. The van der Waals surface area contributed by atoms with E-state index in [1.54, 1.807) is 12.1 Å². The third-order valence-electron chi connectivity index (χ3n) is 3.45. The van der Waals surface area contributed by atoms with E-state index in [-0.39, 0.29) is 17.7 Å². The molecule has 19 heavy (non-hydrogen) atoms. The summed E-state index contributed by atoms with van der Waals surface area (Å²) in [7, 11) is 0. The number of primary amides is 1. The molecule has 1 aliphatic carbocycles. The van der Waals surface area contributed by atoms with E-state index in [4.69, 9.17) is 5.73 Å². The maximum Gasteiger partial charge on any atom is 0.308 e. The third-order valence-corrected chi connectivity index (χ3v) is 3.45. The number of amides is 1. The van der Waals surface area contributed by atoms with Crippen LogP contribution in [0.2, 0.25) is 0 Å². The highest BCUT2D eigenvalue weighted by atomic mass is 16.4. The van der Waals surface area contributed by atoms with Gasteiger partial charge in [0.1, 0.15) is 5.69 Å². The highest BCUT2D eigenvalue weighted by Gasteiger charge is 2.30. The Hall–Kier alpha value is -2.11. The fourth-order valence-corrected chi connectivity index (χ4v) is 2.47. The number of nitrogens with zero attached hydrogens (tertiary/aromatic N) is 1. The molecule has 0 aliphatic heterocycles. The van der Waals surface area contributed by atoms with E-state index in [0.717, 1.165) is 19.3 Å². The molecule has 0 spiro atoms. The second-order valence-corrected chi connectivity index (χ2v) is 4.77. The van der Waals surface area contributed by atoms with Crippen LogP contribution in [0.5, 0.6) is 0 Å². The van der Waals surface area contributed by atoms with Crippen molar-refractivity contribution in [2.45, 2.75) is 31.7 Å². The van der Waals surface area contributed by atoms with Crippen molar-refractivity contribution in [2.75, 3.05) is 5.32 Å². The number of aliphatic carboxylic acids is 1. The largest absolute Gasteiger partial charge is 0.481 e. The number of hydrogen-bond acceptors (Lipinski definition) is 4. The molecule has 0 saturated heterocycles. The molecule has 1 saturated carbocycles. The number of hydrogen-bond donors (Lipinski definition) is 3. The molecule has 1 amide bonds. The number of carbonyl (C=O) groups excluding carboxylic acids is 1. The lowest BCUT2D eigenvalue weighted by atomic mass is 9.84. The van der Waals surface area contributed by atoms with Crippen LogP contribution in [-0.4, -0.2) is 28.0 Å². The molecule has 1 aromatic heterocycles. The summed E-state index contributed by atoms with van der Waals surface area (Å²) >= 11 is 0. The van der Waals surface area contributed by atoms with Crippen LogP contribution in [0.3, 0.4) is 0 Å². The molecule has 1 heterocycles. The molecule has 2 rings (SSSR count). The highest BCUT2D eigenvalue weighted by Crippen LogP contribution is 2.27. The number of pyridine rings is 1. The lowest BCUT2D eigenvalue weighted by molar-refractivity contribution is -0.143. The number of carboxylic acids is 1. The number of carboxylic acid groups (broad SMARTS) is 1. The summed E-state index contributed by atoms with van der Waals surface area (Å²) < 4.78 is 0. The van der Waals surface area contributed by atoms with Crippen molar-refractivity contribution in [3.8, 4) is 0 Å². The van der Waals surface area contributed by atoms with Crippen LogP contribution in [0, 0.1) is 5.92 Å². The van der Waals surface area contributed by atoms with Gasteiger partial charge in [0.05, 0.1) is 5.92 Å². The van der Waals surface area contributed by atoms with Gasteiger partial charge < -0.3 is 16.2 Å². The Morgan fingerprint density at radius 3 is 2.79 bits per heavy atom. The molecule has 1 fully saturated rings. The van der Waals surface area contributed by atoms with Crippen LogP contribution in [0.15, 0.2) is 18.3 Å². The van der Waals surface area contributed by atoms with Gasteiger partial charge in [0.2, 0.25) is 0 Å². The zero-order chi connectivity index (χ0) is 13.8.